The number of nitrogens with one attached hydrogen (secondary N) is 1. The minimum atomic E-state index is -0.499. The Kier molecular flexibility index (Phi) is 6.14. The maximum absolute atomic E-state index is 13.6. The lowest BCUT2D eigenvalue weighted by Crippen LogP contribution is -2.45. The molecule has 116 valence electrons. The molecule has 0 bridgehead atoms. The van der Waals surface area contributed by atoms with E-state index in [1.165, 1.54) is 12.1 Å². The van der Waals surface area contributed by atoms with Crippen molar-refractivity contribution in [3.8, 4) is 0 Å². The van der Waals surface area contributed by atoms with Crippen LogP contribution < -0.4 is 5.32 Å². The average molecular weight is 358 g/mol. The van der Waals surface area contributed by atoms with Crippen molar-refractivity contribution in [2.75, 3.05) is 46.3 Å². The van der Waals surface area contributed by atoms with Crippen LogP contribution in [0, 0.1) is 5.82 Å². The van der Waals surface area contributed by atoms with E-state index in [-0.39, 0.29) is 11.5 Å². The lowest BCUT2D eigenvalue weighted by molar-refractivity contribution is 0.0945. The smallest absolute Gasteiger partial charge is 0.254 e. The zero-order chi connectivity index (χ0) is 15.2. The Bertz CT molecular complexity index is 490. The fourth-order valence-electron chi connectivity index (χ4n) is 2.34. The first-order valence-corrected chi connectivity index (χ1v) is 8.00. The van der Waals surface area contributed by atoms with E-state index in [0.717, 1.165) is 39.1 Å². The molecule has 6 heteroatoms. The van der Waals surface area contributed by atoms with E-state index in [2.05, 4.69) is 38.1 Å². The predicted octanol–water partition coefficient (Wildman–Crippen LogP) is 1.96. The van der Waals surface area contributed by atoms with Crippen molar-refractivity contribution in [2.45, 2.75) is 6.42 Å². The Morgan fingerprint density at radius 1 is 1.33 bits per heavy atom. The average Bonchev–Trinajstić information content (AvgIpc) is 2.45. The van der Waals surface area contributed by atoms with Gasteiger partial charge in [0.1, 0.15) is 5.82 Å². The summed E-state index contributed by atoms with van der Waals surface area (Å²) in [6, 6.07) is 4.47. The van der Waals surface area contributed by atoms with Gasteiger partial charge in [0.05, 0.1) is 5.56 Å². The molecule has 2 rings (SSSR count). The molecule has 0 aliphatic carbocycles. The van der Waals surface area contributed by atoms with Gasteiger partial charge >= 0.3 is 0 Å². The van der Waals surface area contributed by atoms with Gasteiger partial charge in [0.2, 0.25) is 0 Å². The molecule has 1 aromatic rings. The van der Waals surface area contributed by atoms with Crippen LogP contribution >= 0.6 is 15.9 Å². The summed E-state index contributed by atoms with van der Waals surface area (Å²) in [5, 5.41) is 2.78. The monoisotopic (exact) mass is 357 g/mol. The standard InChI is InChI=1S/C15H21BrFN3O/c1-19-7-9-20(10-8-19)6-2-5-18-15(21)13-4-3-12(16)11-14(13)17/h3-4,11H,2,5-10H2,1H3,(H,18,21). The van der Waals surface area contributed by atoms with Gasteiger partial charge in [0, 0.05) is 37.2 Å². The van der Waals surface area contributed by atoms with Crippen LogP contribution in [0.15, 0.2) is 22.7 Å². The van der Waals surface area contributed by atoms with Gasteiger partial charge in [0.25, 0.3) is 5.91 Å². The van der Waals surface area contributed by atoms with Crippen LogP contribution in [-0.4, -0.2) is 62.0 Å². The molecule has 0 aromatic heterocycles. The molecule has 4 nitrogen and oxygen atoms in total. The summed E-state index contributed by atoms with van der Waals surface area (Å²) in [6.45, 7) is 5.88. The molecule has 0 atom stereocenters. The number of carbonyl (C=O) groups excluding carboxylic acids is 1. The summed E-state index contributed by atoms with van der Waals surface area (Å²) >= 11 is 3.18. The van der Waals surface area contributed by atoms with Gasteiger partial charge in [-0.3, -0.25) is 4.79 Å². The lowest BCUT2D eigenvalue weighted by Gasteiger charge is -2.32. The Morgan fingerprint density at radius 3 is 2.71 bits per heavy atom. The van der Waals surface area contributed by atoms with Crippen molar-refractivity contribution < 1.29 is 9.18 Å². The third-order valence-corrected chi connectivity index (χ3v) is 4.20. The first-order chi connectivity index (χ1) is 10.1. The largest absolute Gasteiger partial charge is 0.352 e. The fraction of sp³-hybridized carbons (Fsp3) is 0.533. The number of hydrogen-bond acceptors (Lipinski definition) is 3. The molecular formula is C15H21BrFN3O. The second-order valence-electron chi connectivity index (χ2n) is 5.38. The van der Waals surface area contributed by atoms with E-state index in [1.54, 1.807) is 6.07 Å². The maximum atomic E-state index is 13.6. The molecule has 1 aliphatic rings. The zero-order valence-electron chi connectivity index (χ0n) is 12.2. The van der Waals surface area contributed by atoms with Gasteiger partial charge in [-0.05, 0) is 38.2 Å². The number of likely N-dealkylation sites (N-methyl/N-ethyl adjacent to an activating group) is 1. The first-order valence-electron chi connectivity index (χ1n) is 7.20. The highest BCUT2D eigenvalue weighted by Crippen LogP contribution is 2.15. The van der Waals surface area contributed by atoms with Crippen LogP contribution in [0.1, 0.15) is 16.8 Å². The van der Waals surface area contributed by atoms with Gasteiger partial charge in [-0.2, -0.15) is 0 Å². The topological polar surface area (TPSA) is 35.6 Å². The second-order valence-corrected chi connectivity index (χ2v) is 6.29. The van der Waals surface area contributed by atoms with Crippen LogP contribution in [0.5, 0.6) is 0 Å². The van der Waals surface area contributed by atoms with Crippen LogP contribution in [0.2, 0.25) is 0 Å². The lowest BCUT2D eigenvalue weighted by atomic mass is 10.2. The second kappa shape index (κ2) is 7.87. The maximum Gasteiger partial charge on any atom is 0.254 e. The summed E-state index contributed by atoms with van der Waals surface area (Å²) in [6.07, 6.45) is 0.883. The quantitative estimate of drug-likeness (QED) is 0.818. The molecule has 0 radical (unpaired) electrons. The molecule has 1 fully saturated rings. The zero-order valence-corrected chi connectivity index (χ0v) is 13.8. The van der Waals surface area contributed by atoms with E-state index in [4.69, 9.17) is 0 Å². The molecular weight excluding hydrogens is 337 g/mol. The number of benzene rings is 1. The number of nitrogens with zero attached hydrogens (tertiary/aromatic N) is 2. The Labute approximate surface area is 133 Å². The molecule has 21 heavy (non-hydrogen) atoms. The van der Waals surface area contributed by atoms with Crippen LogP contribution in [0.25, 0.3) is 0 Å². The van der Waals surface area contributed by atoms with E-state index in [0.29, 0.717) is 11.0 Å². The number of piperazine rings is 1. The molecule has 0 unspecified atom stereocenters. The van der Waals surface area contributed by atoms with Gasteiger partial charge in [-0.25, -0.2) is 4.39 Å². The molecule has 1 aliphatic heterocycles. The molecule has 1 saturated heterocycles. The first kappa shape index (κ1) is 16.4. The molecule has 0 saturated carbocycles. The molecule has 1 heterocycles. The highest BCUT2D eigenvalue weighted by molar-refractivity contribution is 9.10. The summed E-state index contributed by atoms with van der Waals surface area (Å²) in [4.78, 5) is 16.6. The Morgan fingerprint density at radius 2 is 2.05 bits per heavy atom. The molecule has 1 amide bonds. The third-order valence-electron chi connectivity index (χ3n) is 3.71. The van der Waals surface area contributed by atoms with Gasteiger partial charge in [-0.15, -0.1) is 0 Å². The Hall–Kier alpha value is -0.980. The highest BCUT2D eigenvalue weighted by Gasteiger charge is 2.14. The normalized spacial score (nSPS) is 16.9. The predicted molar refractivity (Wildman–Crippen MR) is 85.0 cm³/mol. The number of hydrogen-bond donors (Lipinski definition) is 1. The molecule has 1 N–H and O–H groups in total. The number of rotatable bonds is 5. The summed E-state index contributed by atoms with van der Waals surface area (Å²) in [5.41, 5.74) is 0.0952. The van der Waals surface area contributed by atoms with Crippen molar-refractivity contribution >= 4 is 21.8 Å². The highest BCUT2D eigenvalue weighted by atomic mass is 79.9. The van der Waals surface area contributed by atoms with Crippen LogP contribution in [0.3, 0.4) is 0 Å². The number of halogens is 2. The van der Waals surface area contributed by atoms with Crippen molar-refractivity contribution in [3.63, 3.8) is 0 Å². The van der Waals surface area contributed by atoms with Crippen molar-refractivity contribution in [2.24, 2.45) is 0 Å². The van der Waals surface area contributed by atoms with Crippen LogP contribution in [0.4, 0.5) is 4.39 Å². The number of carbonyl (C=O) groups is 1. The third kappa shape index (κ3) is 5.05. The van der Waals surface area contributed by atoms with E-state index in [9.17, 15) is 9.18 Å². The summed E-state index contributed by atoms with van der Waals surface area (Å²) < 4.78 is 14.3. The summed E-state index contributed by atoms with van der Waals surface area (Å²) in [5.74, 6) is -0.848. The van der Waals surface area contributed by atoms with Crippen LogP contribution in [-0.2, 0) is 0 Å². The van der Waals surface area contributed by atoms with E-state index < -0.39 is 5.82 Å². The SMILES string of the molecule is CN1CCN(CCCNC(=O)c2ccc(Br)cc2F)CC1. The van der Waals surface area contributed by atoms with E-state index in [1.807, 2.05) is 0 Å². The van der Waals surface area contributed by atoms with Crippen molar-refractivity contribution in [1.82, 2.24) is 15.1 Å². The van der Waals surface area contributed by atoms with E-state index >= 15 is 0 Å². The van der Waals surface area contributed by atoms with Crippen molar-refractivity contribution in [3.05, 3.63) is 34.1 Å². The minimum Gasteiger partial charge on any atom is -0.352 e. The Balaban J connectivity index is 1.69. The molecule has 1 aromatic carbocycles. The fourth-order valence-corrected chi connectivity index (χ4v) is 2.68. The van der Waals surface area contributed by atoms with Gasteiger partial charge in [-0.1, -0.05) is 15.9 Å². The van der Waals surface area contributed by atoms with Crippen molar-refractivity contribution in [1.29, 1.82) is 0 Å². The van der Waals surface area contributed by atoms with Gasteiger partial charge < -0.3 is 15.1 Å². The number of amides is 1. The van der Waals surface area contributed by atoms with Gasteiger partial charge in [0.15, 0.2) is 0 Å². The molecule has 0 spiro atoms. The minimum absolute atomic E-state index is 0.0952. The summed E-state index contributed by atoms with van der Waals surface area (Å²) in [7, 11) is 2.13.